The van der Waals surface area contributed by atoms with Gasteiger partial charge in [-0.15, -0.1) is 0 Å². The SMILES string of the molecule is Cc1cc(C)c(C(C)NC(CN(C)C)C(C)C)cc1C. The summed E-state index contributed by atoms with van der Waals surface area (Å²) in [5.74, 6) is 0.631. The lowest BCUT2D eigenvalue weighted by atomic mass is 9.95. The Morgan fingerprint density at radius 3 is 2.00 bits per heavy atom. The van der Waals surface area contributed by atoms with Crippen molar-refractivity contribution in [2.24, 2.45) is 5.92 Å². The lowest BCUT2D eigenvalue weighted by Gasteiger charge is -2.30. The molecule has 0 aliphatic heterocycles. The number of nitrogens with one attached hydrogen (secondary N) is 1. The summed E-state index contributed by atoms with van der Waals surface area (Å²) in [7, 11) is 4.28. The van der Waals surface area contributed by atoms with E-state index in [1.165, 1.54) is 22.3 Å². The molecule has 0 fully saturated rings. The molecular formula is C18H32N2. The van der Waals surface area contributed by atoms with Gasteiger partial charge in [0, 0.05) is 18.6 Å². The molecule has 0 spiro atoms. The van der Waals surface area contributed by atoms with E-state index in [-0.39, 0.29) is 0 Å². The summed E-state index contributed by atoms with van der Waals surface area (Å²) in [5.41, 5.74) is 5.58. The summed E-state index contributed by atoms with van der Waals surface area (Å²) >= 11 is 0. The molecule has 0 radical (unpaired) electrons. The van der Waals surface area contributed by atoms with Crippen molar-refractivity contribution in [3.8, 4) is 0 Å². The Labute approximate surface area is 125 Å². The molecule has 1 aromatic rings. The van der Waals surface area contributed by atoms with Gasteiger partial charge in [0.05, 0.1) is 0 Å². The number of aryl methyl sites for hydroxylation is 3. The van der Waals surface area contributed by atoms with Crippen LogP contribution in [-0.2, 0) is 0 Å². The smallest absolute Gasteiger partial charge is 0.0297 e. The Balaban J connectivity index is 2.88. The highest BCUT2D eigenvalue weighted by Crippen LogP contribution is 2.22. The van der Waals surface area contributed by atoms with Crippen molar-refractivity contribution in [2.75, 3.05) is 20.6 Å². The number of hydrogen-bond acceptors (Lipinski definition) is 2. The molecule has 1 N–H and O–H groups in total. The molecular weight excluding hydrogens is 244 g/mol. The summed E-state index contributed by atoms with van der Waals surface area (Å²) in [4.78, 5) is 2.26. The maximum atomic E-state index is 3.81. The molecule has 1 rings (SSSR count). The van der Waals surface area contributed by atoms with Gasteiger partial charge in [0.15, 0.2) is 0 Å². The maximum absolute atomic E-state index is 3.81. The van der Waals surface area contributed by atoms with E-state index in [0.29, 0.717) is 18.0 Å². The van der Waals surface area contributed by atoms with Crippen molar-refractivity contribution in [1.82, 2.24) is 10.2 Å². The van der Waals surface area contributed by atoms with Crippen LogP contribution >= 0.6 is 0 Å². The average molecular weight is 276 g/mol. The molecule has 2 unspecified atom stereocenters. The van der Waals surface area contributed by atoms with E-state index in [4.69, 9.17) is 0 Å². The first kappa shape index (κ1) is 17.2. The van der Waals surface area contributed by atoms with E-state index < -0.39 is 0 Å². The van der Waals surface area contributed by atoms with Crippen LogP contribution < -0.4 is 5.32 Å². The fourth-order valence-corrected chi connectivity index (χ4v) is 2.71. The number of benzene rings is 1. The van der Waals surface area contributed by atoms with Crippen LogP contribution in [0.3, 0.4) is 0 Å². The van der Waals surface area contributed by atoms with Gasteiger partial charge < -0.3 is 10.2 Å². The molecule has 0 amide bonds. The highest BCUT2D eigenvalue weighted by molar-refractivity contribution is 5.38. The van der Waals surface area contributed by atoms with Crippen molar-refractivity contribution in [3.05, 3.63) is 34.4 Å². The van der Waals surface area contributed by atoms with Gasteiger partial charge in [0.2, 0.25) is 0 Å². The first-order valence-electron chi connectivity index (χ1n) is 7.71. The van der Waals surface area contributed by atoms with E-state index in [9.17, 15) is 0 Å². The first-order valence-corrected chi connectivity index (χ1v) is 7.71. The molecule has 0 aromatic heterocycles. The minimum absolute atomic E-state index is 0.390. The molecule has 0 aliphatic carbocycles. The topological polar surface area (TPSA) is 15.3 Å². The monoisotopic (exact) mass is 276 g/mol. The largest absolute Gasteiger partial charge is 0.308 e. The Kier molecular flexibility index (Phi) is 6.22. The average Bonchev–Trinajstić information content (AvgIpc) is 2.32. The first-order chi connectivity index (χ1) is 9.22. The van der Waals surface area contributed by atoms with Crippen LogP contribution in [-0.4, -0.2) is 31.6 Å². The molecule has 0 saturated heterocycles. The van der Waals surface area contributed by atoms with Gasteiger partial charge in [-0.1, -0.05) is 26.0 Å². The van der Waals surface area contributed by atoms with E-state index in [1.54, 1.807) is 0 Å². The lowest BCUT2D eigenvalue weighted by molar-refractivity contribution is 0.273. The van der Waals surface area contributed by atoms with Gasteiger partial charge in [-0.3, -0.25) is 0 Å². The third-order valence-electron chi connectivity index (χ3n) is 4.18. The number of nitrogens with zero attached hydrogens (tertiary/aromatic N) is 1. The zero-order chi connectivity index (χ0) is 15.4. The number of likely N-dealkylation sites (N-methyl/N-ethyl adjacent to an activating group) is 1. The molecule has 0 heterocycles. The molecule has 20 heavy (non-hydrogen) atoms. The summed E-state index contributed by atoms with van der Waals surface area (Å²) in [5, 5.41) is 3.81. The molecule has 1 aromatic carbocycles. The second kappa shape index (κ2) is 7.24. The summed E-state index contributed by atoms with van der Waals surface area (Å²) in [6, 6.07) is 5.55. The van der Waals surface area contributed by atoms with Crippen LogP contribution in [0.15, 0.2) is 12.1 Å². The van der Waals surface area contributed by atoms with Crippen LogP contribution in [0.2, 0.25) is 0 Å². The van der Waals surface area contributed by atoms with Crippen molar-refractivity contribution in [2.45, 2.75) is 53.6 Å². The fraction of sp³-hybridized carbons (Fsp3) is 0.667. The standard InChI is InChI=1S/C18H32N2/c1-12(2)18(11-20(7)8)19-16(6)17-10-14(4)13(3)9-15(17)5/h9-10,12,16,18-19H,11H2,1-8H3. The van der Waals surface area contributed by atoms with Crippen LogP contribution in [0, 0.1) is 26.7 Å². The lowest BCUT2D eigenvalue weighted by Crippen LogP contribution is -2.43. The van der Waals surface area contributed by atoms with Crippen molar-refractivity contribution in [1.29, 1.82) is 0 Å². The van der Waals surface area contributed by atoms with Crippen molar-refractivity contribution >= 4 is 0 Å². The Hall–Kier alpha value is -0.860. The predicted octanol–water partition coefficient (Wildman–Crippen LogP) is 3.85. The summed E-state index contributed by atoms with van der Waals surface area (Å²) in [6.45, 7) is 14.5. The van der Waals surface area contributed by atoms with Gasteiger partial charge in [-0.25, -0.2) is 0 Å². The van der Waals surface area contributed by atoms with Crippen LogP contribution in [0.25, 0.3) is 0 Å². The highest BCUT2D eigenvalue weighted by atomic mass is 15.1. The minimum Gasteiger partial charge on any atom is -0.308 e. The van der Waals surface area contributed by atoms with Crippen LogP contribution in [0.4, 0.5) is 0 Å². The zero-order valence-corrected chi connectivity index (χ0v) is 14.5. The molecule has 2 nitrogen and oxygen atoms in total. The summed E-state index contributed by atoms with van der Waals surface area (Å²) < 4.78 is 0. The summed E-state index contributed by atoms with van der Waals surface area (Å²) in [6.07, 6.45) is 0. The molecule has 0 bridgehead atoms. The third kappa shape index (κ3) is 4.60. The second-order valence-corrected chi connectivity index (χ2v) is 6.79. The van der Waals surface area contributed by atoms with Gasteiger partial charge in [0.1, 0.15) is 0 Å². The highest BCUT2D eigenvalue weighted by Gasteiger charge is 2.18. The quantitative estimate of drug-likeness (QED) is 0.849. The number of hydrogen-bond donors (Lipinski definition) is 1. The van der Waals surface area contributed by atoms with Gasteiger partial charge >= 0.3 is 0 Å². The fourth-order valence-electron chi connectivity index (χ4n) is 2.71. The normalized spacial score (nSPS) is 14.9. The van der Waals surface area contributed by atoms with Crippen molar-refractivity contribution < 1.29 is 0 Å². The van der Waals surface area contributed by atoms with E-state index in [1.807, 2.05) is 0 Å². The van der Waals surface area contributed by atoms with E-state index >= 15 is 0 Å². The Morgan fingerprint density at radius 1 is 0.950 bits per heavy atom. The van der Waals surface area contributed by atoms with E-state index in [2.05, 4.69) is 78.0 Å². The predicted molar refractivity (Wildman–Crippen MR) is 89.4 cm³/mol. The molecule has 2 atom stereocenters. The van der Waals surface area contributed by atoms with Crippen LogP contribution in [0.1, 0.15) is 49.1 Å². The second-order valence-electron chi connectivity index (χ2n) is 6.79. The van der Waals surface area contributed by atoms with Gasteiger partial charge in [0.25, 0.3) is 0 Å². The third-order valence-corrected chi connectivity index (χ3v) is 4.18. The van der Waals surface area contributed by atoms with Gasteiger partial charge in [-0.05, 0) is 70.0 Å². The molecule has 2 heteroatoms. The van der Waals surface area contributed by atoms with Crippen LogP contribution in [0.5, 0.6) is 0 Å². The number of rotatable bonds is 6. The maximum Gasteiger partial charge on any atom is 0.0297 e. The Bertz CT molecular complexity index is 435. The van der Waals surface area contributed by atoms with Gasteiger partial charge in [-0.2, -0.15) is 0 Å². The van der Waals surface area contributed by atoms with Crippen molar-refractivity contribution in [3.63, 3.8) is 0 Å². The minimum atomic E-state index is 0.390. The molecule has 0 saturated carbocycles. The Morgan fingerprint density at radius 2 is 1.50 bits per heavy atom. The zero-order valence-electron chi connectivity index (χ0n) is 14.5. The molecule has 0 aliphatic rings. The molecule has 114 valence electrons. The van der Waals surface area contributed by atoms with E-state index in [0.717, 1.165) is 6.54 Å².